The molecule has 1 fully saturated rings. The molecule has 1 aliphatic rings. The van der Waals surface area contributed by atoms with E-state index in [1.54, 1.807) is 32.4 Å². The first-order valence-electron chi connectivity index (χ1n) is 10.8. The van der Waals surface area contributed by atoms with Gasteiger partial charge < -0.3 is 14.8 Å². The summed E-state index contributed by atoms with van der Waals surface area (Å²) < 4.78 is 11.1. The van der Waals surface area contributed by atoms with Gasteiger partial charge in [0.05, 0.1) is 24.8 Å². The fourth-order valence-corrected chi connectivity index (χ4v) is 5.48. The molecule has 3 aromatic rings. The summed E-state index contributed by atoms with van der Waals surface area (Å²) in [7, 11) is 3.13. The molecule has 1 aliphatic heterocycles. The van der Waals surface area contributed by atoms with Crippen LogP contribution in [0.25, 0.3) is 17.3 Å². The highest BCUT2D eigenvalue weighted by Gasteiger charge is 2.31. The second-order valence-electron chi connectivity index (χ2n) is 7.50. The fourth-order valence-electron chi connectivity index (χ4n) is 3.44. The summed E-state index contributed by atoms with van der Waals surface area (Å²) in [5.41, 5.74) is 2.63. The average molecular weight is 526 g/mol. The largest absolute Gasteiger partial charge is 0.493 e. The van der Waals surface area contributed by atoms with Crippen molar-refractivity contribution in [2.75, 3.05) is 26.1 Å². The Labute approximate surface area is 217 Å². The van der Waals surface area contributed by atoms with Gasteiger partial charge in [0, 0.05) is 23.9 Å². The van der Waals surface area contributed by atoms with Crippen molar-refractivity contribution in [1.29, 1.82) is 0 Å². The number of thiocarbonyl (C=S) groups is 1. The molecule has 1 N–H and O–H groups in total. The molecule has 0 atom stereocenters. The molecule has 4 rings (SSSR count). The van der Waals surface area contributed by atoms with E-state index in [9.17, 15) is 9.59 Å². The zero-order valence-electron chi connectivity index (χ0n) is 19.1. The second kappa shape index (κ2) is 11.5. The number of ether oxygens (including phenoxy) is 2. The van der Waals surface area contributed by atoms with Crippen molar-refractivity contribution < 1.29 is 19.1 Å². The summed E-state index contributed by atoms with van der Waals surface area (Å²) >= 11 is 8.04. The van der Waals surface area contributed by atoms with E-state index in [1.165, 1.54) is 28.0 Å². The Morgan fingerprint density at radius 2 is 1.91 bits per heavy atom. The maximum absolute atomic E-state index is 12.9. The summed E-state index contributed by atoms with van der Waals surface area (Å²) in [5.74, 6) is 0.885. The lowest BCUT2D eigenvalue weighted by Gasteiger charge is -2.13. The van der Waals surface area contributed by atoms with Crippen LogP contribution in [0.2, 0.25) is 0 Å². The van der Waals surface area contributed by atoms with E-state index in [0.29, 0.717) is 38.8 Å². The van der Waals surface area contributed by atoms with Crippen LogP contribution < -0.4 is 14.8 Å². The van der Waals surface area contributed by atoms with Gasteiger partial charge in [-0.3, -0.25) is 14.5 Å². The number of nitrogens with zero attached hydrogens (tertiary/aromatic N) is 2. The summed E-state index contributed by atoms with van der Waals surface area (Å²) in [6.07, 6.45) is 2.52. The molecule has 0 radical (unpaired) electrons. The number of aromatic nitrogens is 1. The molecule has 1 saturated heterocycles. The molecule has 2 amide bonds. The minimum absolute atomic E-state index is 0.148. The van der Waals surface area contributed by atoms with Gasteiger partial charge in [-0.2, -0.15) is 0 Å². The van der Waals surface area contributed by atoms with Crippen LogP contribution in [0.3, 0.4) is 0 Å². The van der Waals surface area contributed by atoms with E-state index < -0.39 is 0 Å². The molecule has 35 heavy (non-hydrogen) atoms. The number of hydrogen-bond acceptors (Lipinski definition) is 8. The smallest absolute Gasteiger partial charge is 0.266 e. The minimum Gasteiger partial charge on any atom is -0.493 e. The lowest BCUT2D eigenvalue weighted by molar-refractivity contribution is -0.122. The molecular weight excluding hydrogens is 502 g/mol. The third-order valence-corrected chi connectivity index (χ3v) is 7.32. The van der Waals surface area contributed by atoms with Gasteiger partial charge in [0.2, 0.25) is 5.91 Å². The van der Waals surface area contributed by atoms with Crippen LogP contribution in [0.15, 0.2) is 58.8 Å². The van der Waals surface area contributed by atoms with Crippen LogP contribution in [0.1, 0.15) is 18.4 Å². The Bertz CT molecular complexity index is 1270. The lowest BCUT2D eigenvalue weighted by Crippen LogP contribution is -2.29. The number of methoxy groups -OCH3 is 2. The zero-order chi connectivity index (χ0) is 24.8. The number of amides is 2. The normalized spacial score (nSPS) is 14.5. The first-order valence-corrected chi connectivity index (χ1v) is 12.9. The van der Waals surface area contributed by atoms with E-state index in [4.69, 9.17) is 21.7 Å². The van der Waals surface area contributed by atoms with Crippen LogP contribution in [0.5, 0.6) is 11.5 Å². The van der Waals surface area contributed by atoms with Crippen LogP contribution >= 0.6 is 35.3 Å². The molecule has 0 saturated carbocycles. The van der Waals surface area contributed by atoms with Gasteiger partial charge in [0.15, 0.2) is 16.6 Å². The van der Waals surface area contributed by atoms with E-state index in [1.807, 2.05) is 41.8 Å². The van der Waals surface area contributed by atoms with E-state index in [-0.39, 0.29) is 18.2 Å². The number of benzene rings is 2. The molecule has 10 heteroatoms. The maximum Gasteiger partial charge on any atom is 0.266 e. The molecule has 2 heterocycles. The molecule has 0 aliphatic carbocycles. The van der Waals surface area contributed by atoms with Crippen molar-refractivity contribution in [2.24, 2.45) is 0 Å². The first kappa shape index (κ1) is 24.9. The molecule has 0 spiro atoms. The number of rotatable bonds is 9. The summed E-state index contributed by atoms with van der Waals surface area (Å²) in [6, 6.07) is 15.2. The zero-order valence-corrected chi connectivity index (χ0v) is 21.6. The molecule has 1 aromatic heterocycles. The van der Waals surface area contributed by atoms with Gasteiger partial charge in [-0.05, 0) is 30.2 Å². The average Bonchev–Trinajstić information content (AvgIpc) is 3.44. The van der Waals surface area contributed by atoms with Crippen molar-refractivity contribution >= 4 is 62.7 Å². The molecule has 7 nitrogen and oxygen atoms in total. The Balaban J connectivity index is 1.30. The lowest BCUT2D eigenvalue weighted by atomic mass is 10.2. The SMILES string of the molecule is COc1ccc(C=C2SC(=S)N(CCCC(=O)Nc3nc(-c4ccccc4)cs3)C2=O)cc1OC. The number of nitrogens with one attached hydrogen (secondary N) is 1. The molecule has 180 valence electrons. The predicted octanol–water partition coefficient (Wildman–Crippen LogP) is 5.45. The van der Waals surface area contributed by atoms with Gasteiger partial charge >= 0.3 is 0 Å². The second-order valence-corrected chi connectivity index (χ2v) is 10.0. The van der Waals surface area contributed by atoms with Crippen LogP contribution in [-0.2, 0) is 9.59 Å². The highest BCUT2D eigenvalue weighted by Crippen LogP contribution is 2.35. The third-order valence-electron chi connectivity index (χ3n) is 5.18. The maximum atomic E-state index is 12.9. The first-order chi connectivity index (χ1) is 17.0. The topological polar surface area (TPSA) is 80.8 Å². The quantitative estimate of drug-likeness (QED) is 0.294. The molecule has 0 bridgehead atoms. The molecule has 0 unspecified atom stereocenters. The highest BCUT2D eigenvalue weighted by atomic mass is 32.2. The van der Waals surface area contributed by atoms with Gasteiger partial charge in [-0.15, -0.1) is 11.3 Å². The number of carbonyl (C=O) groups excluding carboxylic acids is 2. The third kappa shape index (κ3) is 6.08. The Hall–Kier alpha value is -3.21. The highest BCUT2D eigenvalue weighted by molar-refractivity contribution is 8.26. The number of hydrogen-bond donors (Lipinski definition) is 1. The van der Waals surface area contributed by atoms with Crippen molar-refractivity contribution in [3.05, 3.63) is 64.4 Å². The Morgan fingerprint density at radius 1 is 1.14 bits per heavy atom. The summed E-state index contributed by atoms with van der Waals surface area (Å²) in [4.78, 5) is 31.8. The minimum atomic E-state index is -0.164. The van der Waals surface area contributed by atoms with E-state index in [0.717, 1.165) is 16.8 Å². The number of anilines is 1. The van der Waals surface area contributed by atoms with Crippen LogP contribution in [0.4, 0.5) is 5.13 Å². The van der Waals surface area contributed by atoms with Crippen molar-refractivity contribution in [3.8, 4) is 22.8 Å². The predicted molar refractivity (Wildman–Crippen MR) is 145 cm³/mol. The van der Waals surface area contributed by atoms with E-state index >= 15 is 0 Å². The summed E-state index contributed by atoms with van der Waals surface area (Å²) in [6.45, 7) is 0.370. The van der Waals surface area contributed by atoms with Crippen molar-refractivity contribution in [1.82, 2.24) is 9.88 Å². The number of thioether (sulfide) groups is 1. The standard InChI is InChI=1S/C25H23N3O4S3/c1-31-19-11-10-16(13-20(19)32-2)14-21-23(30)28(25(33)35-21)12-6-9-22(29)27-24-26-18(15-34-24)17-7-4-3-5-8-17/h3-5,7-8,10-11,13-15H,6,9,12H2,1-2H3,(H,26,27,29). The van der Waals surface area contributed by atoms with Gasteiger partial charge in [0.25, 0.3) is 5.91 Å². The number of thiazole rings is 1. The molecule has 2 aromatic carbocycles. The van der Waals surface area contributed by atoms with Crippen molar-refractivity contribution in [2.45, 2.75) is 12.8 Å². The van der Waals surface area contributed by atoms with Gasteiger partial charge in [0.1, 0.15) is 4.32 Å². The monoisotopic (exact) mass is 525 g/mol. The Kier molecular flexibility index (Phi) is 8.17. The van der Waals surface area contributed by atoms with E-state index in [2.05, 4.69) is 10.3 Å². The van der Waals surface area contributed by atoms with Gasteiger partial charge in [-0.1, -0.05) is 60.4 Å². The fraction of sp³-hybridized carbons (Fsp3) is 0.200. The van der Waals surface area contributed by atoms with Crippen molar-refractivity contribution in [3.63, 3.8) is 0 Å². The molecular formula is C25H23N3O4S3. The summed E-state index contributed by atoms with van der Waals surface area (Å²) in [5, 5.41) is 5.30. The Morgan fingerprint density at radius 3 is 2.66 bits per heavy atom. The van der Waals surface area contributed by atoms with Gasteiger partial charge in [-0.25, -0.2) is 4.98 Å². The van der Waals surface area contributed by atoms with Crippen LogP contribution in [0, 0.1) is 0 Å². The van der Waals surface area contributed by atoms with Crippen LogP contribution in [-0.4, -0.2) is 46.8 Å². The number of carbonyl (C=O) groups is 2.